The summed E-state index contributed by atoms with van der Waals surface area (Å²) in [5.74, 6) is -0.342. The van der Waals surface area contributed by atoms with Crippen molar-refractivity contribution in [3.05, 3.63) is 23.8 Å². The molecule has 1 saturated heterocycles. The molecule has 2 rings (SSSR count). The van der Waals surface area contributed by atoms with Crippen LogP contribution in [0.25, 0.3) is 0 Å². The van der Waals surface area contributed by atoms with E-state index >= 15 is 0 Å². The van der Waals surface area contributed by atoms with E-state index in [1.54, 1.807) is 26.0 Å². The first-order valence-electron chi connectivity index (χ1n) is 7.49. The summed E-state index contributed by atoms with van der Waals surface area (Å²) in [4.78, 5) is 11.9. The minimum atomic E-state index is -3.52. The van der Waals surface area contributed by atoms with Gasteiger partial charge in [0.2, 0.25) is 15.9 Å². The molecule has 0 aliphatic carbocycles. The number of carbonyl (C=O) groups excluding carboxylic acids is 1. The van der Waals surface area contributed by atoms with Gasteiger partial charge in [-0.2, -0.15) is 4.31 Å². The predicted molar refractivity (Wildman–Crippen MR) is 86.1 cm³/mol. The van der Waals surface area contributed by atoms with E-state index in [4.69, 9.17) is 5.73 Å². The van der Waals surface area contributed by atoms with Crippen molar-refractivity contribution in [1.29, 1.82) is 0 Å². The van der Waals surface area contributed by atoms with Gasteiger partial charge in [-0.3, -0.25) is 4.79 Å². The monoisotopic (exact) mass is 325 g/mol. The van der Waals surface area contributed by atoms with E-state index in [9.17, 15) is 13.2 Å². The average Bonchev–Trinajstić information content (AvgIpc) is 2.49. The van der Waals surface area contributed by atoms with Gasteiger partial charge in [0.15, 0.2) is 0 Å². The molecule has 1 aromatic carbocycles. The van der Waals surface area contributed by atoms with E-state index < -0.39 is 16.1 Å². The van der Waals surface area contributed by atoms with E-state index in [0.29, 0.717) is 24.3 Å². The molecule has 7 heteroatoms. The van der Waals surface area contributed by atoms with Gasteiger partial charge in [0, 0.05) is 18.8 Å². The highest BCUT2D eigenvalue weighted by atomic mass is 32.2. The Bertz CT molecular complexity index is 650. The van der Waals surface area contributed by atoms with Crippen LogP contribution in [0.4, 0.5) is 5.69 Å². The molecule has 6 nitrogen and oxygen atoms in total. The summed E-state index contributed by atoms with van der Waals surface area (Å²) in [6.07, 6.45) is 2.84. The fourth-order valence-electron chi connectivity index (χ4n) is 2.46. The molecule has 0 aromatic heterocycles. The number of amides is 1. The summed E-state index contributed by atoms with van der Waals surface area (Å²) in [5.41, 5.74) is 6.63. The Morgan fingerprint density at radius 2 is 1.91 bits per heavy atom. The maximum atomic E-state index is 12.8. The number of nitrogens with two attached hydrogens (primary N) is 1. The largest absolute Gasteiger partial charge is 0.325 e. The lowest BCUT2D eigenvalue weighted by Crippen LogP contribution is -2.36. The lowest BCUT2D eigenvalue weighted by molar-refractivity contribution is -0.117. The Morgan fingerprint density at radius 3 is 2.50 bits per heavy atom. The zero-order valence-corrected chi connectivity index (χ0v) is 13.8. The Balaban J connectivity index is 2.31. The van der Waals surface area contributed by atoms with Gasteiger partial charge in [-0.15, -0.1) is 0 Å². The molecule has 1 fully saturated rings. The Kier molecular flexibility index (Phi) is 5.20. The highest BCUT2D eigenvalue weighted by Crippen LogP contribution is 2.26. The van der Waals surface area contributed by atoms with Crippen LogP contribution >= 0.6 is 0 Å². The first-order chi connectivity index (χ1) is 10.3. The second-order valence-electron chi connectivity index (χ2n) is 5.72. The first-order valence-corrected chi connectivity index (χ1v) is 8.93. The summed E-state index contributed by atoms with van der Waals surface area (Å²) < 4.78 is 27.1. The second-order valence-corrected chi connectivity index (χ2v) is 7.63. The SMILES string of the molecule is Cc1ccc(NC(=O)[C@@H](C)N)cc1S(=O)(=O)N1CCCCC1. The fourth-order valence-corrected chi connectivity index (χ4v) is 4.22. The van der Waals surface area contributed by atoms with Crippen LogP contribution in [0.3, 0.4) is 0 Å². The molecule has 0 saturated carbocycles. The van der Waals surface area contributed by atoms with Crippen molar-refractivity contribution >= 4 is 21.6 Å². The number of aryl methyl sites for hydroxylation is 1. The summed E-state index contributed by atoms with van der Waals surface area (Å²) in [6, 6.07) is 4.25. The van der Waals surface area contributed by atoms with Crippen LogP contribution in [0.15, 0.2) is 23.1 Å². The molecule has 0 radical (unpaired) electrons. The third-order valence-electron chi connectivity index (χ3n) is 3.80. The highest BCUT2D eigenvalue weighted by Gasteiger charge is 2.27. The van der Waals surface area contributed by atoms with Gasteiger partial charge in [0.1, 0.15) is 0 Å². The minimum absolute atomic E-state index is 0.247. The van der Waals surface area contributed by atoms with Crippen LogP contribution < -0.4 is 11.1 Å². The molecule has 0 spiro atoms. The van der Waals surface area contributed by atoms with E-state index in [1.807, 2.05) is 0 Å². The van der Waals surface area contributed by atoms with Gasteiger partial charge in [-0.1, -0.05) is 12.5 Å². The number of nitrogens with zero attached hydrogens (tertiary/aromatic N) is 1. The number of benzene rings is 1. The minimum Gasteiger partial charge on any atom is -0.325 e. The molecule has 122 valence electrons. The number of nitrogens with one attached hydrogen (secondary N) is 1. The van der Waals surface area contributed by atoms with Crippen LogP contribution in [0, 0.1) is 6.92 Å². The Hall–Kier alpha value is -1.44. The standard InChI is InChI=1S/C15H23N3O3S/c1-11-6-7-13(17-15(19)12(2)16)10-14(11)22(20,21)18-8-4-3-5-9-18/h6-7,10,12H,3-5,8-9,16H2,1-2H3,(H,17,19)/t12-/m1/s1. The maximum absolute atomic E-state index is 12.8. The summed E-state index contributed by atoms with van der Waals surface area (Å²) in [7, 11) is -3.52. The Morgan fingerprint density at radius 1 is 1.27 bits per heavy atom. The molecule has 0 unspecified atom stereocenters. The zero-order valence-electron chi connectivity index (χ0n) is 13.0. The van der Waals surface area contributed by atoms with Crippen molar-refractivity contribution < 1.29 is 13.2 Å². The average molecular weight is 325 g/mol. The second kappa shape index (κ2) is 6.76. The van der Waals surface area contributed by atoms with Crippen molar-refractivity contribution in [1.82, 2.24) is 4.31 Å². The molecule has 1 aliphatic rings. The van der Waals surface area contributed by atoms with Gasteiger partial charge < -0.3 is 11.1 Å². The van der Waals surface area contributed by atoms with Crippen LogP contribution in [-0.4, -0.2) is 37.8 Å². The third-order valence-corrected chi connectivity index (χ3v) is 5.84. The van der Waals surface area contributed by atoms with Crippen LogP contribution in [-0.2, 0) is 14.8 Å². The van der Waals surface area contributed by atoms with Crippen molar-refractivity contribution in [2.45, 2.75) is 44.0 Å². The summed E-state index contributed by atoms with van der Waals surface area (Å²) >= 11 is 0. The summed E-state index contributed by atoms with van der Waals surface area (Å²) in [5, 5.41) is 2.64. The predicted octanol–water partition coefficient (Wildman–Crippen LogP) is 1.46. The van der Waals surface area contributed by atoms with Crippen molar-refractivity contribution in [3.8, 4) is 0 Å². The lowest BCUT2D eigenvalue weighted by Gasteiger charge is -2.26. The van der Waals surface area contributed by atoms with E-state index in [0.717, 1.165) is 19.3 Å². The third kappa shape index (κ3) is 3.66. The molecule has 3 N–H and O–H groups in total. The van der Waals surface area contributed by atoms with Gasteiger partial charge in [0.25, 0.3) is 0 Å². The zero-order chi connectivity index (χ0) is 16.3. The molecule has 0 bridgehead atoms. The fraction of sp³-hybridized carbons (Fsp3) is 0.533. The molecular weight excluding hydrogens is 302 g/mol. The highest BCUT2D eigenvalue weighted by molar-refractivity contribution is 7.89. The normalized spacial score (nSPS) is 18.0. The number of hydrogen-bond acceptors (Lipinski definition) is 4. The molecule has 1 aliphatic heterocycles. The van der Waals surface area contributed by atoms with Gasteiger partial charge in [0.05, 0.1) is 10.9 Å². The molecule has 1 atom stereocenters. The molecule has 1 heterocycles. The van der Waals surface area contributed by atoms with Gasteiger partial charge in [-0.25, -0.2) is 8.42 Å². The number of piperidine rings is 1. The molecule has 1 amide bonds. The first kappa shape index (κ1) is 16.9. The van der Waals surface area contributed by atoms with E-state index in [1.165, 1.54) is 10.4 Å². The number of carbonyl (C=O) groups is 1. The van der Waals surface area contributed by atoms with Crippen molar-refractivity contribution in [2.24, 2.45) is 5.73 Å². The Labute approximate surface area is 131 Å². The van der Waals surface area contributed by atoms with Crippen LogP contribution in [0.1, 0.15) is 31.7 Å². The maximum Gasteiger partial charge on any atom is 0.243 e. The van der Waals surface area contributed by atoms with E-state index in [-0.39, 0.29) is 10.8 Å². The van der Waals surface area contributed by atoms with Crippen molar-refractivity contribution in [2.75, 3.05) is 18.4 Å². The summed E-state index contributed by atoms with van der Waals surface area (Å²) in [6.45, 7) is 4.44. The van der Waals surface area contributed by atoms with Gasteiger partial charge >= 0.3 is 0 Å². The number of rotatable bonds is 4. The number of anilines is 1. The molecule has 22 heavy (non-hydrogen) atoms. The van der Waals surface area contributed by atoms with Crippen LogP contribution in [0.2, 0.25) is 0 Å². The lowest BCUT2D eigenvalue weighted by atomic mass is 10.2. The molecular formula is C15H23N3O3S. The molecule has 1 aromatic rings. The number of sulfonamides is 1. The smallest absolute Gasteiger partial charge is 0.243 e. The number of hydrogen-bond donors (Lipinski definition) is 2. The topological polar surface area (TPSA) is 92.5 Å². The van der Waals surface area contributed by atoms with Crippen LogP contribution in [0.5, 0.6) is 0 Å². The van der Waals surface area contributed by atoms with Gasteiger partial charge in [-0.05, 0) is 44.4 Å². The van der Waals surface area contributed by atoms with Crippen molar-refractivity contribution in [3.63, 3.8) is 0 Å². The quantitative estimate of drug-likeness (QED) is 0.876. The van der Waals surface area contributed by atoms with E-state index in [2.05, 4.69) is 5.32 Å².